The second-order valence-electron chi connectivity index (χ2n) is 5.05. The van der Waals surface area contributed by atoms with E-state index in [1.54, 1.807) is 6.20 Å². The predicted molar refractivity (Wildman–Crippen MR) is 71.3 cm³/mol. The second-order valence-corrected chi connectivity index (χ2v) is 5.46. The average molecular weight is 256 g/mol. The quantitative estimate of drug-likeness (QED) is 0.902. The molecule has 1 saturated carbocycles. The molecule has 0 radical (unpaired) electrons. The molecule has 96 valence electrons. The number of aryl methyl sites for hydroxylation is 1. The van der Waals surface area contributed by atoms with E-state index in [4.69, 9.17) is 17.3 Å². The number of halogens is 1. The Morgan fingerprint density at radius 3 is 2.88 bits per heavy atom. The van der Waals surface area contributed by atoms with Gasteiger partial charge in [0.1, 0.15) is 0 Å². The van der Waals surface area contributed by atoms with Crippen LogP contribution in [0, 0.1) is 5.92 Å². The summed E-state index contributed by atoms with van der Waals surface area (Å²) in [6, 6.07) is 0.234. The van der Waals surface area contributed by atoms with Gasteiger partial charge in [0.05, 0.1) is 16.9 Å². The molecule has 1 heterocycles. The Kier molecular flexibility index (Phi) is 4.10. The fraction of sp³-hybridized carbons (Fsp3) is 0.769. The number of rotatable bonds is 3. The minimum absolute atomic E-state index is 0.234. The molecule has 0 aliphatic heterocycles. The van der Waals surface area contributed by atoms with Gasteiger partial charge in [0, 0.05) is 18.5 Å². The molecular formula is C13H22ClN3. The van der Waals surface area contributed by atoms with Crippen molar-refractivity contribution in [3.63, 3.8) is 0 Å². The van der Waals surface area contributed by atoms with Crippen molar-refractivity contribution in [2.75, 3.05) is 0 Å². The molecule has 4 heteroatoms. The van der Waals surface area contributed by atoms with Gasteiger partial charge in [-0.25, -0.2) is 0 Å². The fourth-order valence-electron chi connectivity index (χ4n) is 2.96. The van der Waals surface area contributed by atoms with E-state index in [0.29, 0.717) is 5.92 Å². The molecule has 3 unspecified atom stereocenters. The van der Waals surface area contributed by atoms with E-state index in [2.05, 4.69) is 18.9 Å². The van der Waals surface area contributed by atoms with Gasteiger partial charge in [0.15, 0.2) is 0 Å². The summed E-state index contributed by atoms with van der Waals surface area (Å²) in [7, 11) is 0. The van der Waals surface area contributed by atoms with Crippen molar-refractivity contribution in [2.45, 2.75) is 58.0 Å². The number of nitrogens with zero attached hydrogens (tertiary/aromatic N) is 2. The zero-order chi connectivity index (χ0) is 12.4. The van der Waals surface area contributed by atoms with E-state index < -0.39 is 0 Å². The molecule has 17 heavy (non-hydrogen) atoms. The Labute approximate surface area is 108 Å². The summed E-state index contributed by atoms with van der Waals surface area (Å²) in [4.78, 5) is 0. The van der Waals surface area contributed by atoms with Crippen molar-refractivity contribution in [1.29, 1.82) is 0 Å². The molecule has 3 atom stereocenters. The smallest absolute Gasteiger partial charge is 0.0821 e. The average Bonchev–Trinajstić information content (AvgIpc) is 2.71. The van der Waals surface area contributed by atoms with Crippen LogP contribution in [0.2, 0.25) is 5.02 Å². The minimum Gasteiger partial charge on any atom is -0.327 e. The predicted octanol–water partition coefficient (Wildman–Crippen LogP) is 3.18. The van der Waals surface area contributed by atoms with Crippen molar-refractivity contribution in [3.05, 3.63) is 16.9 Å². The maximum Gasteiger partial charge on any atom is 0.0821 e. The molecule has 2 rings (SSSR count). The third-order valence-corrected chi connectivity index (χ3v) is 4.36. The van der Waals surface area contributed by atoms with E-state index >= 15 is 0 Å². The second kappa shape index (κ2) is 5.40. The van der Waals surface area contributed by atoms with E-state index in [0.717, 1.165) is 36.0 Å². The summed E-state index contributed by atoms with van der Waals surface area (Å²) >= 11 is 6.27. The fourth-order valence-corrected chi connectivity index (χ4v) is 3.24. The van der Waals surface area contributed by atoms with Gasteiger partial charge < -0.3 is 5.73 Å². The monoisotopic (exact) mass is 255 g/mol. The zero-order valence-electron chi connectivity index (χ0n) is 10.7. The molecule has 1 aliphatic carbocycles. The van der Waals surface area contributed by atoms with Gasteiger partial charge in [-0.2, -0.15) is 5.10 Å². The van der Waals surface area contributed by atoms with Crippen molar-refractivity contribution < 1.29 is 0 Å². The van der Waals surface area contributed by atoms with Crippen LogP contribution in [0.25, 0.3) is 0 Å². The van der Waals surface area contributed by atoms with Gasteiger partial charge in [-0.15, -0.1) is 0 Å². The minimum atomic E-state index is 0.234. The topological polar surface area (TPSA) is 43.8 Å². The lowest BCUT2D eigenvalue weighted by Crippen LogP contribution is -2.35. The molecule has 0 amide bonds. The van der Waals surface area contributed by atoms with Crippen LogP contribution in [-0.4, -0.2) is 15.8 Å². The van der Waals surface area contributed by atoms with Crippen molar-refractivity contribution in [1.82, 2.24) is 9.78 Å². The molecule has 1 aromatic heterocycles. The van der Waals surface area contributed by atoms with Crippen LogP contribution in [0.15, 0.2) is 6.20 Å². The molecule has 2 N–H and O–H groups in total. The Morgan fingerprint density at radius 1 is 1.47 bits per heavy atom. The van der Waals surface area contributed by atoms with Crippen molar-refractivity contribution in [3.8, 4) is 0 Å². The molecule has 3 nitrogen and oxygen atoms in total. The highest BCUT2D eigenvalue weighted by atomic mass is 35.5. The van der Waals surface area contributed by atoms with Gasteiger partial charge in [-0.1, -0.05) is 24.9 Å². The van der Waals surface area contributed by atoms with E-state index in [1.807, 2.05) is 4.68 Å². The Bertz CT molecular complexity index is 375. The summed E-state index contributed by atoms with van der Waals surface area (Å²) in [6.07, 6.45) is 6.51. The number of aromatic nitrogens is 2. The highest BCUT2D eigenvalue weighted by molar-refractivity contribution is 6.31. The van der Waals surface area contributed by atoms with Crippen molar-refractivity contribution in [2.24, 2.45) is 11.7 Å². The van der Waals surface area contributed by atoms with Gasteiger partial charge in [0.25, 0.3) is 0 Å². The van der Waals surface area contributed by atoms with Crippen LogP contribution in [-0.2, 0) is 6.54 Å². The number of hydrogen-bond acceptors (Lipinski definition) is 2. The van der Waals surface area contributed by atoms with E-state index in [1.165, 1.54) is 12.8 Å². The molecule has 0 bridgehead atoms. The van der Waals surface area contributed by atoms with Gasteiger partial charge in [-0.3, -0.25) is 4.68 Å². The maximum atomic E-state index is 6.28. The summed E-state index contributed by atoms with van der Waals surface area (Å²) in [6.45, 7) is 5.22. The zero-order valence-corrected chi connectivity index (χ0v) is 11.5. The van der Waals surface area contributed by atoms with Gasteiger partial charge >= 0.3 is 0 Å². The first-order chi connectivity index (χ1) is 8.17. The highest BCUT2D eigenvalue weighted by Crippen LogP contribution is 2.39. The Hall–Kier alpha value is -0.540. The van der Waals surface area contributed by atoms with Gasteiger partial charge in [-0.05, 0) is 32.1 Å². The van der Waals surface area contributed by atoms with E-state index in [9.17, 15) is 0 Å². The molecular weight excluding hydrogens is 234 g/mol. The largest absolute Gasteiger partial charge is 0.327 e. The molecule has 0 spiro atoms. The Balaban J connectivity index is 2.26. The normalized spacial score (nSPS) is 29.5. The molecule has 1 aliphatic rings. The highest BCUT2D eigenvalue weighted by Gasteiger charge is 2.32. The van der Waals surface area contributed by atoms with Crippen LogP contribution >= 0.6 is 11.6 Å². The van der Waals surface area contributed by atoms with Crippen LogP contribution in [0.5, 0.6) is 0 Å². The Morgan fingerprint density at radius 2 is 2.24 bits per heavy atom. The summed E-state index contributed by atoms with van der Waals surface area (Å²) in [5, 5.41) is 5.11. The summed E-state index contributed by atoms with van der Waals surface area (Å²) in [5.74, 6) is 1.17. The van der Waals surface area contributed by atoms with Crippen LogP contribution in [0.1, 0.15) is 51.1 Å². The standard InChI is InChI=1S/C13H22ClN3/c1-3-9-5-6-12(15)10(7-9)13-11(14)8-16-17(13)4-2/h8-10,12H,3-7,15H2,1-2H3. The van der Waals surface area contributed by atoms with Gasteiger partial charge in [0.2, 0.25) is 0 Å². The molecule has 1 aromatic rings. The first-order valence-electron chi connectivity index (χ1n) is 6.64. The maximum absolute atomic E-state index is 6.28. The molecule has 1 fully saturated rings. The lowest BCUT2D eigenvalue weighted by molar-refractivity contribution is 0.273. The van der Waals surface area contributed by atoms with Crippen molar-refractivity contribution >= 4 is 11.6 Å². The first kappa shape index (κ1) is 12.9. The van der Waals surface area contributed by atoms with E-state index in [-0.39, 0.29) is 6.04 Å². The molecule has 0 aromatic carbocycles. The van der Waals surface area contributed by atoms with Crippen LogP contribution in [0.3, 0.4) is 0 Å². The van der Waals surface area contributed by atoms with Crippen LogP contribution < -0.4 is 5.73 Å². The lowest BCUT2D eigenvalue weighted by Gasteiger charge is -2.34. The summed E-state index contributed by atoms with van der Waals surface area (Å²) in [5.41, 5.74) is 7.43. The lowest BCUT2D eigenvalue weighted by atomic mass is 9.76. The number of nitrogens with two attached hydrogens (primary N) is 1. The number of hydrogen-bond donors (Lipinski definition) is 1. The van der Waals surface area contributed by atoms with Crippen LogP contribution in [0.4, 0.5) is 0 Å². The molecule has 0 saturated heterocycles. The first-order valence-corrected chi connectivity index (χ1v) is 7.01. The third kappa shape index (κ3) is 2.50. The third-order valence-electron chi connectivity index (χ3n) is 4.07. The SMILES string of the molecule is CCC1CCC(N)C(c2c(Cl)cnn2CC)C1. The summed E-state index contributed by atoms with van der Waals surface area (Å²) < 4.78 is 2.00.